The molecule has 31 heavy (non-hydrogen) atoms. The van der Waals surface area contributed by atoms with Gasteiger partial charge in [0.2, 0.25) is 0 Å². The Bertz CT molecular complexity index is 1070. The van der Waals surface area contributed by atoms with E-state index >= 15 is 0 Å². The summed E-state index contributed by atoms with van der Waals surface area (Å²) in [7, 11) is 0. The number of carbonyl (C=O) groups excluding carboxylic acids is 1. The van der Waals surface area contributed by atoms with Crippen LogP contribution in [-0.4, -0.2) is 12.6 Å². The molecule has 0 aromatic heterocycles. The number of hydrogen-bond donors (Lipinski definition) is 1. The van der Waals surface area contributed by atoms with Crippen LogP contribution in [0.3, 0.4) is 0 Å². The van der Waals surface area contributed by atoms with Crippen molar-refractivity contribution in [3.63, 3.8) is 0 Å². The maximum absolute atomic E-state index is 14.6. The van der Waals surface area contributed by atoms with Gasteiger partial charge in [0.05, 0.1) is 18.2 Å². The Kier molecular flexibility index (Phi) is 6.16. The molecule has 0 saturated heterocycles. The molecule has 0 aliphatic heterocycles. The molecule has 1 N–H and O–H groups in total. The standard InChI is InChI=1S/C25H23F2NO3/c1-2-30-25(29)21-12-19(21)20-13-23(27)24(14-22(20)26)28-15-16-7-6-10-18(11-16)31-17-8-4-3-5-9-17/h3-11,13-14,19,21,28H,2,12,15H2,1H3/t19-,21+/m1/s1. The van der Waals surface area contributed by atoms with Crippen LogP contribution in [0.5, 0.6) is 11.5 Å². The van der Waals surface area contributed by atoms with Crippen molar-refractivity contribution in [1.82, 2.24) is 0 Å². The van der Waals surface area contributed by atoms with Crippen LogP contribution in [-0.2, 0) is 16.1 Å². The van der Waals surface area contributed by atoms with Crippen LogP contribution < -0.4 is 10.1 Å². The Morgan fingerprint density at radius 2 is 1.77 bits per heavy atom. The largest absolute Gasteiger partial charge is 0.466 e. The molecule has 2 atom stereocenters. The molecule has 0 bridgehead atoms. The molecule has 6 heteroatoms. The summed E-state index contributed by atoms with van der Waals surface area (Å²) in [4.78, 5) is 11.8. The Balaban J connectivity index is 1.41. The molecule has 0 spiro atoms. The number of nitrogens with one attached hydrogen (secondary N) is 1. The third-order valence-electron chi connectivity index (χ3n) is 5.23. The summed E-state index contributed by atoms with van der Waals surface area (Å²) < 4.78 is 40.0. The van der Waals surface area contributed by atoms with Crippen LogP contribution in [0, 0.1) is 17.6 Å². The monoisotopic (exact) mass is 423 g/mol. The van der Waals surface area contributed by atoms with Crippen molar-refractivity contribution in [2.45, 2.75) is 25.8 Å². The summed E-state index contributed by atoms with van der Waals surface area (Å²) in [6, 6.07) is 19.1. The first-order chi connectivity index (χ1) is 15.0. The first-order valence-electron chi connectivity index (χ1n) is 10.3. The fraction of sp³-hybridized carbons (Fsp3) is 0.240. The quantitative estimate of drug-likeness (QED) is 0.449. The van der Waals surface area contributed by atoms with Gasteiger partial charge in [-0.05, 0) is 54.8 Å². The molecule has 3 aromatic rings. The van der Waals surface area contributed by atoms with Crippen molar-refractivity contribution in [3.05, 3.63) is 89.5 Å². The van der Waals surface area contributed by atoms with E-state index in [1.54, 1.807) is 6.92 Å². The third-order valence-corrected chi connectivity index (χ3v) is 5.23. The zero-order chi connectivity index (χ0) is 21.8. The second kappa shape index (κ2) is 9.16. The van der Waals surface area contributed by atoms with Crippen LogP contribution in [0.1, 0.15) is 30.4 Å². The summed E-state index contributed by atoms with van der Waals surface area (Å²) in [6.45, 7) is 2.30. The van der Waals surface area contributed by atoms with E-state index < -0.39 is 11.6 Å². The van der Waals surface area contributed by atoms with E-state index in [0.29, 0.717) is 18.7 Å². The van der Waals surface area contributed by atoms with Crippen molar-refractivity contribution < 1.29 is 23.0 Å². The second-order valence-corrected chi connectivity index (χ2v) is 7.47. The minimum atomic E-state index is -0.553. The molecule has 1 aliphatic rings. The van der Waals surface area contributed by atoms with Gasteiger partial charge in [-0.2, -0.15) is 0 Å². The molecule has 0 amide bonds. The summed E-state index contributed by atoms with van der Waals surface area (Å²) >= 11 is 0. The number of anilines is 1. The maximum Gasteiger partial charge on any atom is 0.309 e. The molecule has 0 radical (unpaired) electrons. The molecule has 1 saturated carbocycles. The highest BCUT2D eigenvalue weighted by atomic mass is 19.1. The van der Waals surface area contributed by atoms with Crippen molar-refractivity contribution >= 4 is 11.7 Å². The molecular weight excluding hydrogens is 400 g/mol. The molecule has 1 fully saturated rings. The van der Waals surface area contributed by atoms with Gasteiger partial charge in [-0.25, -0.2) is 8.78 Å². The molecule has 4 nitrogen and oxygen atoms in total. The molecule has 160 valence electrons. The van der Waals surface area contributed by atoms with Gasteiger partial charge < -0.3 is 14.8 Å². The number of benzene rings is 3. The van der Waals surface area contributed by atoms with Gasteiger partial charge in [-0.1, -0.05) is 30.3 Å². The van der Waals surface area contributed by atoms with Gasteiger partial charge in [-0.3, -0.25) is 4.79 Å². The van der Waals surface area contributed by atoms with E-state index in [9.17, 15) is 13.6 Å². The number of esters is 1. The Hall–Kier alpha value is -3.41. The fourth-order valence-corrected chi connectivity index (χ4v) is 3.57. The second-order valence-electron chi connectivity index (χ2n) is 7.47. The fourth-order valence-electron chi connectivity index (χ4n) is 3.57. The van der Waals surface area contributed by atoms with Crippen LogP contribution in [0.25, 0.3) is 0 Å². The molecule has 3 aromatic carbocycles. The van der Waals surface area contributed by atoms with Gasteiger partial charge >= 0.3 is 5.97 Å². The number of hydrogen-bond acceptors (Lipinski definition) is 4. The SMILES string of the molecule is CCOC(=O)[C@H]1C[C@@H]1c1cc(F)c(NCc2cccc(Oc3ccccc3)c2)cc1F. The van der Waals surface area contributed by atoms with E-state index in [2.05, 4.69) is 5.32 Å². The summed E-state index contributed by atoms with van der Waals surface area (Å²) in [6.07, 6.45) is 0.482. The van der Waals surface area contributed by atoms with Gasteiger partial charge in [0.25, 0.3) is 0 Å². The number of ether oxygens (including phenoxy) is 2. The van der Waals surface area contributed by atoms with Crippen LogP contribution in [0.2, 0.25) is 0 Å². The number of rotatable bonds is 8. The molecule has 1 aliphatic carbocycles. The van der Waals surface area contributed by atoms with E-state index in [1.165, 1.54) is 6.07 Å². The normalized spacial score (nSPS) is 17.1. The predicted octanol–water partition coefficient (Wildman–Crippen LogP) is 6.04. The molecular formula is C25H23F2NO3. The highest BCUT2D eigenvalue weighted by molar-refractivity contribution is 5.77. The average Bonchev–Trinajstić information content (AvgIpc) is 3.56. The Morgan fingerprint density at radius 1 is 1.00 bits per heavy atom. The van der Waals surface area contributed by atoms with Crippen molar-refractivity contribution in [1.29, 1.82) is 0 Å². The van der Waals surface area contributed by atoms with E-state index in [1.807, 2.05) is 54.6 Å². The third kappa shape index (κ3) is 5.02. The molecule has 0 unspecified atom stereocenters. The first kappa shape index (κ1) is 20.8. The minimum absolute atomic E-state index is 0.0731. The van der Waals surface area contributed by atoms with Crippen LogP contribution >= 0.6 is 0 Å². The minimum Gasteiger partial charge on any atom is -0.466 e. The number of para-hydroxylation sites is 1. The van der Waals surface area contributed by atoms with Gasteiger partial charge in [0.1, 0.15) is 23.1 Å². The van der Waals surface area contributed by atoms with Crippen LogP contribution in [0.4, 0.5) is 14.5 Å². The number of halogens is 2. The zero-order valence-corrected chi connectivity index (χ0v) is 17.1. The first-order valence-corrected chi connectivity index (χ1v) is 10.3. The Labute approximate surface area is 179 Å². The lowest BCUT2D eigenvalue weighted by atomic mass is 10.1. The summed E-state index contributed by atoms with van der Waals surface area (Å²) in [5, 5.41) is 2.94. The van der Waals surface area contributed by atoms with Crippen molar-refractivity contribution in [2.75, 3.05) is 11.9 Å². The van der Waals surface area contributed by atoms with Crippen molar-refractivity contribution in [2.24, 2.45) is 5.92 Å². The Morgan fingerprint density at radius 3 is 2.55 bits per heavy atom. The number of carbonyl (C=O) groups is 1. The predicted molar refractivity (Wildman–Crippen MR) is 114 cm³/mol. The molecule has 0 heterocycles. The smallest absolute Gasteiger partial charge is 0.309 e. The lowest BCUT2D eigenvalue weighted by molar-refractivity contribution is -0.144. The van der Waals surface area contributed by atoms with Gasteiger partial charge in [0.15, 0.2) is 0 Å². The van der Waals surface area contributed by atoms with Gasteiger partial charge in [0, 0.05) is 18.5 Å². The zero-order valence-electron chi connectivity index (χ0n) is 17.1. The highest BCUT2D eigenvalue weighted by Gasteiger charge is 2.46. The summed E-state index contributed by atoms with van der Waals surface area (Å²) in [5.41, 5.74) is 1.16. The maximum atomic E-state index is 14.6. The summed E-state index contributed by atoms with van der Waals surface area (Å²) in [5.74, 6) is -0.769. The topological polar surface area (TPSA) is 47.6 Å². The lowest BCUT2D eigenvalue weighted by Crippen LogP contribution is -2.08. The van der Waals surface area contributed by atoms with E-state index in [0.717, 1.165) is 17.4 Å². The highest BCUT2D eigenvalue weighted by Crippen LogP contribution is 2.49. The van der Waals surface area contributed by atoms with E-state index in [4.69, 9.17) is 9.47 Å². The average molecular weight is 423 g/mol. The molecule has 4 rings (SSSR count). The van der Waals surface area contributed by atoms with Gasteiger partial charge in [-0.15, -0.1) is 0 Å². The van der Waals surface area contributed by atoms with E-state index in [-0.39, 0.29) is 35.7 Å². The lowest BCUT2D eigenvalue weighted by Gasteiger charge is -2.12. The van der Waals surface area contributed by atoms with Crippen LogP contribution in [0.15, 0.2) is 66.7 Å². The van der Waals surface area contributed by atoms with Crippen molar-refractivity contribution in [3.8, 4) is 11.5 Å².